The quantitative estimate of drug-likeness (QED) is 0.0188. The van der Waals surface area contributed by atoms with Crippen molar-refractivity contribution in [2.45, 2.75) is 254 Å². The topological polar surface area (TPSA) is 684 Å². The van der Waals surface area contributed by atoms with Gasteiger partial charge >= 0.3 is 35.5 Å². The van der Waals surface area contributed by atoms with Gasteiger partial charge in [0.05, 0.1) is 65.0 Å². The van der Waals surface area contributed by atoms with E-state index in [2.05, 4.69) is 10.6 Å². The number of hydrogen-bond acceptors (Lipinski definition) is 41. The van der Waals surface area contributed by atoms with Gasteiger partial charge in [0.2, 0.25) is 17.6 Å². The van der Waals surface area contributed by atoms with E-state index >= 15 is 0 Å². The van der Waals surface area contributed by atoms with Crippen LogP contribution >= 0.6 is 0 Å². The van der Waals surface area contributed by atoms with Crippen LogP contribution in [0, 0.1) is 0 Å². The summed E-state index contributed by atoms with van der Waals surface area (Å²) in [5.74, 6) is -9.01. The maximum absolute atomic E-state index is 13.4. The van der Waals surface area contributed by atoms with Gasteiger partial charge in [0.25, 0.3) is 0 Å². The second kappa shape index (κ2) is 37.4. The fourth-order valence-electron chi connectivity index (χ4n) is 12.1. The second-order valence-electron chi connectivity index (χ2n) is 24.1. The van der Waals surface area contributed by atoms with Crippen LogP contribution in [0.1, 0.15) is 33.6 Å². The molecular formula is C54H90N3NaO40. The molecule has 7 saturated heterocycles. The fraction of sp³-hybridized carbons (Fsp3) is 0.926. The minimum absolute atomic E-state index is 0. The van der Waals surface area contributed by atoms with E-state index in [-0.39, 0.29) is 49.1 Å². The molecule has 0 aliphatic carbocycles. The Kier molecular flexibility index (Phi) is 32.3. The average molecular weight is 1440 g/mol. The van der Waals surface area contributed by atoms with E-state index in [1.54, 1.807) is 0 Å². The van der Waals surface area contributed by atoms with Gasteiger partial charge in [-0.15, -0.1) is 0 Å². The molecule has 0 aromatic heterocycles. The van der Waals surface area contributed by atoms with Crippen molar-refractivity contribution in [1.29, 1.82) is 0 Å². The molecule has 0 radical (unpaired) electrons. The number of nitrogens with two attached hydrogens (primary N) is 1. The van der Waals surface area contributed by atoms with E-state index < -0.39 is 297 Å². The van der Waals surface area contributed by atoms with Gasteiger partial charge in [0, 0.05) is 27.2 Å². The van der Waals surface area contributed by atoms with Crippen molar-refractivity contribution in [3.05, 3.63) is 0 Å². The number of carbonyl (C=O) groups is 4. The van der Waals surface area contributed by atoms with Gasteiger partial charge < -0.3 is 199 Å². The van der Waals surface area contributed by atoms with Crippen LogP contribution in [0.3, 0.4) is 0 Å². The van der Waals surface area contributed by atoms with Crippen LogP contribution in [0.5, 0.6) is 0 Å². The number of hydrogen-bond donors (Lipinski definition) is 23. The van der Waals surface area contributed by atoms with Gasteiger partial charge in [-0.2, -0.15) is 0 Å². The van der Waals surface area contributed by atoms with Gasteiger partial charge in [-0.1, -0.05) is 0 Å². The van der Waals surface area contributed by atoms with Crippen molar-refractivity contribution in [2.24, 2.45) is 5.73 Å². The predicted octanol–water partition coefficient (Wildman–Crippen LogP) is -20.2. The zero-order valence-corrected chi connectivity index (χ0v) is 55.2. The van der Waals surface area contributed by atoms with Gasteiger partial charge in [-0.3, -0.25) is 14.4 Å². The fourth-order valence-corrected chi connectivity index (χ4v) is 12.1. The van der Waals surface area contributed by atoms with E-state index in [4.69, 9.17) is 76.8 Å². The molecule has 7 aliphatic heterocycles. The van der Waals surface area contributed by atoms with E-state index in [9.17, 15) is 126 Å². The Balaban J connectivity index is 0.0000152. The van der Waals surface area contributed by atoms with E-state index in [0.717, 1.165) is 20.8 Å². The Bertz CT molecular complexity index is 2490. The molecule has 0 unspecified atom stereocenters. The number of carbonyl (C=O) groups excluding carboxylic acids is 4. The SMILES string of the molecule is CC(=O)N[C@H]1[C@H](O[C@H]2[C@@H](O)[C@@H](CO)O[C@@H](O[C@H]3[C@H](O)[C@@H](O)[C@H](OCCCN)O[C@@H]3CO)[C@@H]2O)O[C@H](CO[C@@H]2O[C@H](CO)[C@@H](O[C@@H]3O[C@H](CO)[C@H](O)[C@H](O)[C@H]3O)[C@H](O)[C@H]2O)[C@@H](O[C@@H]2O[C@H](CO)[C@H](OC(C)=O)[C@H](O[C@]3(C(=O)[O-])C[C@H](O)[C@@H](NC(C)=O)[C@H]([C@H](O)[C@H](O)CO)O3)[C@H]2O)[C@@H]1O.[Na+]. The van der Waals surface area contributed by atoms with E-state index in [1.165, 1.54) is 0 Å². The number of esters is 1. The third kappa shape index (κ3) is 19.1. The monoisotopic (exact) mass is 1440 g/mol. The molecule has 562 valence electrons. The second-order valence-corrected chi connectivity index (χ2v) is 24.1. The van der Waals surface area contributed by atoms with Gasteiger partial charge in [-0.05, 0) is 13.0 Å². The predicted molar refractivity (Wildman–Crippen MR) is 297 cm³/mol. The summed E-state index contributed by atoms with van der Waals surface area (Å²) in [7, 11) is 0. The molecule has 36 atom stereocenters. The molecular weight excluding hydrogens is 1350 g/mol. The third-order valence-corrected chi connectivity index (χ3v) is 17.2. The Morgan fingerprint density at radius 1 is 0.500 bits per heavy atom. The number of ether oxygens (including phenoxy) is 15. The first kappa shape index (κ1) is 84.4. The van der Waals surface area contributed by atoms with E-state index in [1.807, 2.05) is 0 Å². The number of nitrogens with one attached hydrogen (secondary N) is 2. The van der Waals surface area contributed by atoms with Crippen molar-refractivity contribution in [2.75, 3.05) is 59.4 Å². The van der Waals surface area contributed by atoms with Crippen LogP contribution in [-0.2, 0) is 90.2 Å². The first-order chi connectivity index (χ1) is 45.8. The molecule has 0 saturated carbocycles. The Hall–Kier alpha value is -2.52. The zero-order valence-electron chi connectivity index (χ0n) is 53.2. The molecule has 0 bridgehead atoms. The molecule has 43 nitrogen and oxygen atoms in total. The minimum Gasteiger partial charge on any atom is -0.544 e. The number of aliphatic hydroxyl groups is 20. The number of amides is 2. The molecule has 7 fully saturated rings. The summed E-state index contributed by atoms with van der Waals surface area (Å²) in [4.78, 5) is 51.5. The summed E-state index contributed by atoms with van der Waals surface area (Å²) in [6, 6.07) is -3.87. The Labute approximate surface area is 578 Å². The summed E-state index contributed by atoms with van der Waals surface area (Å²) in [5.41, 5.74) is 5.52. The van der Waals surface area contributed by atoms with Crippen molar-refractivity contribution in [3.8, 4) is 0 Å². The molecule has 0 spiro atoms. The molecule has 0 aromatic carbocycles. The van der Waals surface area contributed by atoms with Crippen LogP contribution in [-0.4, -0.2) is 406 Å². The molecule has 0 aromatic rings. The van der Waals surface area contributed by atoms with Crippen molar-refractivity contribution < 1.29 is 227 Å². The van der Waals surface area contributed by atoms with Crippen LogP contribution in [0.2, 0.25) is 0 Å². The third-order valence-electron chi connectivity index (χ3n) is 17.2. The van der Waals surface area contributed by atoms with Gasteiger partial charge in [0.1, 0.15) is 165 Å². The maximum Gasteiger partial charge on any atom is 1.00 e. The van der Waals surface area contributed by atoms with E-state index in [0.29, 0.717) is 0 Å². The number of aliphatic carboxylic acids is 1. The van der Waals surface area contributed by atoms with Crippen LogP contribution in [0.15, 0.2) is 0 Å². The number of carboxylic acids is 1. The van der Waals surface area contributed by atoms with Crippen molar-refractivity contribution >= 4 is 23.8 Å². The molecule has 24 N–H and O–H groups in total. The normalized spacial score (nSPS) is 45.3. The smallest absolute Gasteiger partial charge is 0.544 e. The van der Waals surface area contributed by atoms with Crippen molar-refractivity contribution in [1.82, 2.24) is 10.6 Å². The molecule has 7 aliphatic rings. The molecule has 2 amide bonds. The Morgan fingerprint density at radius 3 is 1.42 bits per heavy atom. The molecule has 98 heavy (non-hydrogen) atoms. The summed E-state index contributed by atoms with van der Waals surface area (Å²) in [5, 5.41) is 238. The average Bonchev–Trinajstić information content (AvgIpc) is 0.957. The summed E-state index contributed by atoms with van der Waals surface area (Å²) in [6.07, 6.45) is -70.1. The standard InChI is InChI=1S/C54H91N3O40.Na/c1-15(64)56-26-18(67)7-54(53(81)82,96-44(26)28(69)19(68)8-58)97-46-39(80)52(90-24(13-63)43(46)85-17(3)66)94-42-25(14-84-49-37(78)34(75)40(23(12-62)89-49)92-50-35(76)32(73)29(70)20(9-59)86-50)91-47(27(31(42)72)57-16(2)65)95-45-30(71)21(10-60)87-51(38(45)79)93-41-22(11-61)88-48(36(77)33(41)74)83-6-4-5-55;/h18-52,58-63,67-80H,4-14,55H2,1-3H3,(H,56,64)(H,57,65)(H,81,82);/q;+1/p-1/t18-,19+,20+,21+,22+,23+,24+,25+,26+,27+,28+,29-,30-,31+,32-,33+,34+,35+,36+,37+,38+,39+,40+,41+,42+,43-,44+,45-,46+,47-,48+,49+,50-,51-,52-,54-;/m0./s1. The van der Waals surface area contributed by atoms with Crippen LogP contribution in [0.4, 0.5) is 0 Å². The Morgan fingerprint density at radius 2 is 0.929 bits per heavy atom. The minimum atomic E-state index is -3.46. The zero-order chi connectivity index (χ0) is 71.8. The number of carboxylic acid groups (broad SMARTS) is 1. The number of rotatable bonds is 29. The van der Waals surface area contributed by atoms with Crippen LogP contribution < -0.4 is 51.0 Å². The van der Waals surface area contributed by atoms with Crippen LogP contribution in [0.25, 0.3) is 0 Å². The van der Waals surface area contributed by atoms with Gasteiger partial charge in [0.15, 0.2) is 43.8 Å². The summed E-state index contributed by atoms with van der Waals surface area (Å²) >= 11 is 0. The van der Waals surface area contributed by atoms with Gasteiger partial charge in [-0.25, -0.2) is 0 Å². The first-order valence-corrected chi connectivity index (χ1v) is 30.8. The molecule has 7 heterocycles. The largest absolute Gasteiger partial charge is 1.00 e. The number of aliphatic hydroxyl groups excluding tert-OH is 20. The first-order valence-electron chi connectivity index (χ1n) is 30.8. The molecule has 44 heteroatoms. The summed E-state index contributed by atoms with van der Waals surface area (Å²) in [6.45, 7) is -4.96. The maximum atomic E-state index is 13.4. The van der Waals surface area contributed by atoms with Crippen molar-refractivity contribution in [3.63, 3.8) is 0 Å². The molecule has 7 rings (SSSR count). The summed E-state index contributed by atoms with van der Waals surface area (Å²) < 4.78 is 86.7.